The maximum Gasteiger partial charge on any atom is 0.333 e. The molecule has 3 aliphatic rings. The summed E-state index contributed by atoms with van der Waals surface area (Å²) in [6.45, 7) is 10.5. The Bertz CT molecular complexity index is 586. The topological polar surface area (TPSA) is 43.4 Å². The molecule has 0 saturated heterocycles. The van der Waals surface area contributed by atoms with Crippen LogP contribution in [0.2, 0.25) is 0 Å². The second kappa shape index (κ2) is 5.92. The van der Waals surface area contributed by atoms with Crippen LogP contribution in [0.1, 0.15) is 65.7 Å². The van der Waals surface area contributed by atoms with Crippen molar-refractivity contribution in [2.45, 2.75) is 71.8 Å². The molecule has 0 bridgehead atoms. The van der Waals surface area contributed by atoms with Gasteiger partial charge in [0.2, 0.25) is 0 Å². The first kappa shape index (κ1) is 16.5. The monoisotopic (exact) mass is 316 g/mol. The van der Waals surface area contributed by atoms with Crippen LogP contribution in [0.25, 0.3) is 0 Å². The van der Waals surface area contributed by atoms with E-state index < -0.39 is 0 Å². The molecule has 0 radical (unpaired) electrons. The highest BCUT2D eigenvalue weighted by atomic mass is 16.5. The van der Waals surface area contributed by atoms with E-state index in [1.807, 2.05) is 6.92 Å². The predicted octanol–water partition coefficient (Wildman–Crippen LogP) is 4.37. The number of carbonyl (C=O) groups excluding carboxylic acids is 2. The first-order chi connectivity index (χ1) is 10.8. The Morgan fingerprint density at radius 3 is 2.65 bits per heavy atom. The Morgan fingerprint density at radius 2 is 1.91 bits per heavy atom. The van der Waals surface area contributed by atoms with Crippen LogP contribution in [0.3, 0.4) is 0 Å². The van der Waals surface area contributed by atoms with Crippen molar-refractivity contribution in [3.63, 3.8) is 0 Å². The Balaban J connectivity index is 1.98. The number of carbonyl (C=O) groups is 2. The molecule has 0 spiro atoms. The van der Waals surface area contributed by atoms with E-state index in [1.165, 1.54) is 5.57 Å². The van der Waals surface area contributed by atoms with Crippen LogP contribution in [-0.2, 0) is 14.3 Å². The molecule has 3 nitrogen and oxygen atoms in total. The molecule has 0 aromatic heterocycles. The largest absolute Gasteiger partial charge is 0.458 e. The molecule has 23 heavy (non-hydrogen) atoms. The van der Waals surface area contributed by atoms with Crippen molar-refractivity contribution >= 4 is 11.8 Å². The first-order valence-electron chi connectivity index (χ1n) is 8.89. The van der Waals surface area contributed by atoms with Gasteiger partial charge in [-0.1, -0.05) is 31.6 Å². The van der Waals surface area contributed by atoms with Gasteiger partial charge in [0.25, 0.3) is 0 Å². The van der Waals surface area contributed by atoms with Crippen LogP contribution in [0.5, 0.6) is 0 Å². The van der Waals surface area contributed by atoms with Gasteiger partial charge in [-0.2, -0.15) is 0 Å². The van der Waals surface area contributed by atoms with Gasteiger partial charge < -0.3 is 4.74 Å². The molecule has 1 heterocycles. The molecule has 4 atom stereocenters. The smallest absolute Gasteiger partial charge is 0.333 e. The molecule has 0 aromatic carbocycles. The molecular formula is C20H28O3. The van der Waals surface area contributed by atoms with E-state index in [-0.39, 0.29) is 29.2 Å². The van der Waals surface area contributed by atoms with Crippen molar-refractivity contribution in [1.29, 1.82) is 0 Å². The second-order valence-electron chi connectivity index (χ2n) is 8.24. The fourth-order valence-electron chi connectivity index (χ4n) is 4.91. The van der Waals surface area contributed by atoms with Gasteiger partial charge in [0, 0.05) is 24.3 Å². The number of esters is 1. The van der Waals surface area contributed by atoms with Crippen LogP contribution in [0.15, 0.2) is 23.3 Å². The molecule has 0 unspecified atom stereocenters. The summed E-state index contributed by atoms with van der Waals surface area (Å²) in [5, 5.41) is 0. The number of ketones is 1. The van der Waals surface area contributed by atoms with Gasteiger partial charge in [-0.15, -0.1) is 0 Å². The molecule has 1 aliphatic heterocycles. The van der Waals surface area contributed by atoms with Gasteiger partial charge in [0.05, 0.1) is 0 Å². The third-order valence-electron chi connectivity index (χ3n) is 6.22. The summed E-state index contributed by atoms with van der Waals surface area (Å²) in [6, 6.07) is 0. The lowest BCUT2D eigenvalue weighted by Gasteiger charge is -2.40. The van der Waals surface area contributed by atoms with Crippen LogP contribution in [0.4, 0.5) is 0 Å². The Hall–Kier alpha value is -1.38. The molecule has 2 saturated carbocycles. The normalized spacial score (nSPS) is 38.9. The number of hydrogen-bond donors (Lipinski definition) is 0. The molecule has 3 rings (SSSR count). The zero-order valence-electron chi connectivity index (χ0n) is 14.6. The SMILES string of the molecule is C=C1CC[C@]2(C)CCC3=C(C)C(=O)O[C@H](C[C@H](C)CC(=O)C1)[C@H]32. The van der Waals surface area contributed by atoms with Gasteiger partial charge in [0.1, 0.15) is 11.9 Å². The van der Waals surface area contributed by atoms with E-state index in [1.54, 1.807) is 0 Å². The Morgan fingerprint density at radius 1 is 1.22 bits per heavy atom. The van der Waals surface area contributed by atoms with Gasteiger partial charge in [-0.3, -0.25) is 4.79 Å². The quantitative estimate of drug-likeness (QED) is 0.492. The highest BCUT2D eigenvalue weighted by molar-refractivity contribution is 5.90. The molecule has 0 N–H and O–H groups in total. The van der Waals surface area contributed by atoms with Gasteiger partial charge >= 0.3 is 5.97 Å². The minimum atomic E-state index is -0.150. The van der Waals surface area contributed by atoms with Gasteiger partial charge in [-0.05, 0) is 50.4 Å². The lowest BCUT2D eigenvalue weighted by molar-refractivity contribution is -0.152. The molecule has 2 aliphatic carbocycles. The average Bonchev–Trinajstić information content (AvgIpc) is 2.80. The maximum absolute atomic E-state index is 12.2. The zero-order valence-corrected chi connectivity index (χ0v) is 14.6. The van der Waals surface area contributed by atoms with E-state index >= 15 is 0 Å². The Kier molecular flexibility index (Phi) is 4.24. The molecule has 3 heteroatoms. The summed E-state index contributed by atoms with van der Waals surface area (Å²) in [6.07, 6.45) is 5.85. The fourth-order valence-corrected chi connectivity index (χ4v) is 4.91. The Labute approximate surface area is 139 Å². The summed E-state index contributed by atoms with van der Waals surface area (Å²) in [7, 11) is 0. The number of hydrogen-bond acceptors (Lipinski definition) is 3. The van der Waals surface area contributed by atoms with Gasteiger partial charge in [0.15, 0.2) is 0 Å². The van der Waals surface area contributed by atoms with E-state index in [2.05, 4.69) is 20.4 Å². The van der Waals surface area contributed by atoms with Crippen molar-refractivity contribution in [3.05, 3.63) is 23.3 Å². The van der Waals surface area contributed by atoms with E-state index in [4.69, 9.17) is 4.74 Å². The molecule has 2 fully saturated rings. The summed E-state index contributed by atoms with van der Waals surface area (Å²) >= 11 is 0. The summed E-state index contributed by atoms with van der Waals surface area (Å²) in [5.74, 6) is 0.691. The summed E-state index contributed by atoms with van der Waals surface area (Å²) in [4.78, 5) is 24.4. The third kappa shape index (κ3) is 3.02. The lowest BCUT2D eigenvalue weighted by atomic mass is 9.69. The summed E-state index contributed by atoms with van der Waals surface area (Å²) in [5.41, 5.74) is 3.35. The minimum absolute atomic E-state index is 0.0668. The van der Waals surface area contributed by atoms with Crippen molar-refractivity contribution in [3.8, 4) is 0 Å². The molecular weight excluding hydrogens is 288 g/mol. The lowest BCUT2D eigenvalue weighted by Crippen LogP contribution is -2.41. The molecule has 0 aromatic rings. The van der Waals surface area contributed by atoms with E-state index in [0.717, 1.165) is 43.3 Å². The van der Waals surface area contributed by atoms with Crippen molar-refractivity contribution in [2.24, 2.45) is 17.3 Å². The highest BCUT2D eigenvalue weighted by Crippen LogP contribution is 2.55. The third-order valence-corrected chi connectivity index (χ3v) is 6.22. The van der Waals surface area contributed by atoms with Crippen molar-refractivity contribution in [1.82, 2.24) is 0 Å². The van der Waals surface area contributed by atoms with E-state index in [0.29, 0.717) is 18.8 Å². The average molecular weight is 316 g/mol. The standard InChI is InChI=1S/C20H28O3/c1-12-5-7-20(4)8-6-16-14(3)19(22)23-17(18(16)20)11-13(2)10-15(21)9-12/h13,17-18H,1,5-11H2,2-4H3/t13-,17-,18+,20-/m1/s1. The number of allylic oxidation sites excluding steroid dienone is 1. The number of Topliss-reactive ketones (excluding diaryl/α,β-unsaturated/α-hetero) is 1. The van der Waals surface area contributed by atoms with Crippen molar-refractivity contribution < 1.29 is 14.3 Å². The maximum atomic E-state index is 12.2. The minimum Gasteiger partial charge on any atom is -0.458 e. The number of rotatable bonds is 0. The second-order valence-corrected chi connectivity index (χ2v) is 8.24. The van der Waals surface area contributed by atoms with Crippen molar-refractivity contribution in [2.75, 3.05) is 0 Å². The van der Waals surface area contributed by atoms with Crippen LogP contribution in [-0.4, -0.2) is 17.9 Å². The predicted molar refractivity (Wildman–Crippen MR) is 89.8 cm³/mol. The van der Waals surface area contributed by atoms with Gasteiger partial charge in [-0.25, -0.2) is 4.79 Å². The van der Waals surface area contributed by atoms with Crippen LogP contribution in [0, 0.1) is 17.3 Å². The zero-order chi connectivity index (χ0) is 16.8. The van der Waals surface area contributed by atoms with Crippen LogP contribution < -0.4 is 0 Å². The number of ether oxygens (including phenoxy) is 1. The summed E-state index contributed by atoms with van der Waals surface area (Å²) < 4.78 is 5.82. The van der Waals surface area contributed by atoms with Crippen LogP contribution >= 0.6 is 0 Å². The van der Waals surface area contributed by atoms with E-state index in [9.17, 15) is 9.59 Å². The fraction of sp³-hybridized carbons (Fsp3) is 0.700. The molecule has 0 amide bonds. The highest BCUT2D eigenvalue weighted by Gasteiger charge is 2.50. The first-order valence-corrected chi connectivity index (χ1v) is 8.89. The molecule has 126 valence electrons.